The third kappa shape index (κ3) is 2.75. The molecule has 8 heteroatoms. The number of fused-ring (bicyclic) bond motifs is 1. The van der Waals surface area contributed by atoms with Gasteiger partial charge in [0.15, 0.2) is 5.65 Å². The van der Waals surface area contributed by atoms with Crippen LogP contribution in [0.2, 0.25) is 0 Å². The number of esters is 1. The molecule has 0 saturated carbocycles. The lowest BCUT2D eigenvalue weighted by Gasteiger charge is -2.11. The average molecular weight is 342 g/mol. The molecule has 25 heavy (non-hydrogen) atoms. The summed E-state index contributed by atoms with van der Waals surface area (Å²) in [6, 6.07) is 9.27. The maximum atomic E-state index is 12.4. The highest BCUT2D eigenvalue weighted by atomic mass is 16.5. The van der Waals surface area contributed by atoms with Crippen LogP contribution < -0.4 is 11.1 Å². The van der Waals surface area contributed by atoms with E-state index in [1.807, 2.05) is 30.3 Å². The van der Waals surface area contributed by atoms with Gasteiger partial charge in [0.25, 0.3) is 0 Å². The molecule has 0 amide bonds. The summed E-state index contributed by atoms with van der Waals surface area (Å²) in [6.07, 6.45) is 0. The average Bonchev–Trinajstić information content (AvgIpc) is 2.95. The Balaban J connectivity index is 2.35. The zero-order valence-corrected chi connectivity index (χ0v) is 14.2. The molecule has 0 aliphatic heterocycles. The molecule has 8 nitrogen and oxygen atoms in total. The number of nitrogens with zero attached hydrogens (tertiary/aromatic N) is 4. The Hall–Kier alpha value is -3.16. The fraction of sp³-hybridized carbons (Fsp3) is 0.294. The molecule has 2 heterocycles. The molecular weight excluding hydrogens is 324 g/mol. The number of para-hydroxylation sites is 1. The molecule has 0 N–H and O–H groups in total. The monoisotopic (exact) mass is 342 g/mol. The van der Waals surface area contributed by atoms with Gasteiger partial charge in [0, 0.05) is 7.05 Å². The van der Waals surface area contributed by atoms with Crippen LogP contribution in [-0.4, -0.2) is 31.5 Å². The first kappa shape index (κ1) is 16.7. The molecule has 0 aliphatic carbocycles. The summed E-state index contributed by atoms with van der Waals surface area (Å²) in [5.41, 5.74) is 0.655. The third-order valence-electron chi connectivity index (χ3n) is 3.92. The van der Waals surface area contributed by atoms with Gasteiger partial charge in [0.05, 0.1) is 18.0 Å². The Labute approximate surface area is 142 Å². The highest BCUT2D eigenvalue weighted by molar-refractivity contribution is 5.79. The van der Waals surface area contributed by atoms with Gasteiger partial charge in [-0.1, -0.05) is 18.2 Å². The SMILES string of the molecule is CCOC(=O)Cn1c(=O)c(=O)n(C)c2c1c(C)nn2-c1ccccc1. The van der Waals surface area contributed by atoms with Crippen molar-refractivity contribution >= 4 is 17.1 Å². The van der Waals surface area contributed by atoms with Gasteiger partial charge in [-0.3, -0.25) is 23.5 Å². The van der Waals surface area contributed by atoms with E-state index in [1.165, 1.54) is 11.6 Å². The van der Waals surface area contributed by atoms with E-state index >= 15 is 0 Å². The van der Waals surface area contributed by atoms with Crippen molar-refractivity contribution in [1.82, 2.24) is 18.9 Å². The van der Waals surface area contributed by atoms with E-state index in [0.717, 1.165) is 10.3 Å². The molecule has 130 valence electrons. The highest BCUT2D eigenvalue weighted by Gasteiger charge is 2.21. The molecule has 3 rings (SSSR count). The summed E-state index contributed by atoms with van der Waals surface area (Å²) in [4.78, 5) is 36.7. The van der Waals surface area contributed by atoms with E-state index in [1.54, 1.807) is 18.5 Å². The summed E-state index contributed by atoms with van der Waals surface area (Å²) in [6.45, 7) is 3.27. The number of ether oxygens (including phenoxy) is 1. The highest BCUT2D eigenvalue weighted by Crippen LogP contribution is 2.19. The number of hydrogen-bond donors (Lipinski definition) is 0. The summed E-state index contributed by atoms with van der Waals surface area (Å²) in [7, 11) is 1.52. The van der Waals surface area contributed by atoms with Crippen LogP contribution in [0.1, 0.15) is 12.6 Å². The molecule has 1 aromatic carbocycles. The number of carbonyl (C=O) groups is 1. The minimum atomic E-state index is -0.779. The van der Waals surface area contributed by atoms with Crippen LogP contribution in [0.3, 0.4) is 0 Å². The van der Waals surface area contributed by atoms with Crippen LogP contribution in [0.5, 0.6) is 0 Å². The normalized spacial score (nSPS) is 11.0. The van der Waals surface area contributed by atoms with E-state index in [4.69, 9.17) is 4.74 Å². The van der Waals surface area contributed by atoms with Crippen LogP contribution in [0.25, 0.3) is 16.9 Å². The van der Waals surface area contributed by atoms with Gasteiger partial charge in [-0.05, 0) is 26.0 Å². The fourth-order valence-electron chi connectivity index (χ4n) is 2.82. The summed E-state index contributed by atoms with van der Waals surface area (Å²) in [5, 5.41) is 4.46. The number of rotatable bonds is 4. The quantitative estimate of drug-likeness (QED) is 0.516. The van der Waals surface area contributed by atoms with Gasteiger partial charge < -0.3 is 4.74 Å². The Morgan fingerprint density at radius 3 is 2.48 bits per heavy atom. The largest absolute Gasteiger partial charge is 0.465 e. The van der Waals surface area contributed by atoms with Crippen molar-refractivity contribution in [3.8, 4) is 5.69 Å². The van der Waals surface area contributed by atoms with Crippen molar-refractivity contribution in [1.29, 1.82) is 0 Å². The van der Waals surface area contributed by atoms with Crippen molar-refractivity contribution in [3.63, 3.8) is 0 Å². The maximum Gasteiger partial charge on any atom is 0.326 e. The van der Waals surface area contributed by atoms with Crippen molar-refractivity contribution in [2.75, 3.05) is 6.61 Å². The Kier molecular flexibility index (Phi) is 4.26. The molecule has 0 bridgehead atoms. The Bertz CT molecular complexity index is 1060. The first-order chi connectivity index (χ1) is 12.0. The van der Waals surface area contributed by atoms with E-state index < -0.39 is 17.1 Å². The van der Waals surface area contributed by atoms with Gasteiger partial charge in [-0.2, -0.15) is 5.10 Å². The van der Waals surface area contributed by atoms with Gasteiger partial charge in [-0.25, -0.2) is 4.68 Å². The fourth-order valence-corrected chi connectivity index (χ4v) is 2.82. The number of hydrogen-bond acceptors (Lipinski definition) is 5. The van der Waals surface area contributed by atoms with Gasteiger partial charge in [0.2, 0.25) is 0 Å². The Morgan fingerprint density at radius 2 is 1.84 bits per heavy atom. The minimum Gasteiger partial charge on any atom is -0.465 e. The first-order valence-corrected chi connectivity index (χ1v) is 7.86. The van der Waals surface area contributed by atoms with Gasteiger partial charge in [-0.15, -0.1) is 0 Å². The number of aryl methyl sites for hydroxylation is 2. The van der Waals surface area contributed by atoms with Crippen molar-refractivity contribution < 1.29 is 9.53 Å². The van der Waals surface area contributed by atoms with Crippen molar-refractivity contribution in [3.05, 3.63) is 56.7 Å². The molecule has 0 unspecified atom stereocenters. The third-order valence-corrected chi connectivity index (χ3v) is 3.92. The molecule has 0 spiro atoms. The molecule has 0 saturated heterocycles. The van der Waals surface area contributed by atoms with Crippen LogP contribution in [0.4, 0.5) is 0 Å². The van der Waals surface area contributed by atoms with Crippen LogP contribution in [0, 0.1) is 6.92 Å². The second kappa shape index (κ2) is 6.39. The predicted molar refractivity (Wildman–Crippen MR) is 91.9 cm³/mol. The lowest BCUT2D eigenvalue weighted by molar-refractivity contribution is -0.143. The zero-order valence-electron chi connectivity index (χ0n) is 14.2. The standard InChI is InChI=1S/C17H18N4O4/c1-4-25-13(22)10-20-14-11(2)18-21(12-8-6-5-7-9-12)15(14)19(3)16(23)17(20)24/h5-9H,4,10H2,1-3H3. The maximum absolute atomic E-state index is 12.4. The molecule has 0 aliphatic rings. The van der Waals surface area contributed by atoms with Gasteiger partial charge in [0.1, 0.15) is 12.1 Å². The number of benzene rings is 1. The lowest BCUT2D eigenvalue weighted by Crippen LogP contribution is -2.42. The van der Waals surface area contributed by atoms with Crippen LogP contribution in [-0.2, 0) is 23.1 Å². The summed E-state index contributed by atoms with van der Waals surface area (Å²) < 4.78 is 8.90. The predicted octanol–water partition coefficient (Wildman–Crippen LogP) is 0.757. The minimum absolute atomic E-state index is 0.198. The molecule has 0 atom stereocenters. The molecular formula is C17H18N4O4. The van der Waals surface area contributed by atoms with Crippen molar-refractivity contribution in [2.45, 2.75) is 20.4 Å². The van der Waals surface area contributed by atoms with Crippen LogP contribution >= 0.6 is 0 Å². The summed E-state index contributed by atoms with van der Waals surface area (Å²) in [5.74, 6) is -0.578. The van der Waals surface area contributed by atoms with E-state index in [2.05, 4.69) is 5.10 Å². The molecule has 0 radical (unpaired) electrons. The van der Waals surface area contributed by atoms with Crippen molar-refractivity contribution in [2.24, 2.45) is 7.05 Å². The Morgan fingerprint density at radius 1 is 1.16 bits per heavy atom. The molecule has 0 fully saturated rings. The second-order valence-corrected chi connectivity index (χ2v) is 5.57. The topological polar surface area (TPSA) is 88.1 Å². The molecule has 3 aromatic rings. The smallest absolute Gasteiger partial charge is 0.326 e. The second-order valence-electron chi connectivity index (χ2n) is 5.57. The van der Waals surface area contributed by atoms with Gasteiger partial charge >= 0.3 is 17.1 Å². The van der Waals surface area contributed by atoms with E-state index in [0.29, 0.717) is 16.9 Å². The lowest BCUT2D eigenvalue weighted by atomic mass is 10.3. The van der Waals surface area contributed by atoms with E-state index in [9.17, 15) is 14.4 Å². The molecule has 2 aromatic heterocycles. The summed E-state index contributed by atoms with van der Waals surface area (Å²) >= 11 is 0. The van der Waals surface area contributed by atoms with E-state index in [-0.39, 0.29) is 13.2 Å². The number of carbonyl (C=O) groups excluding carboxylic acids is 1. The zero-order chi connectivity index (χ0) is 18.1. The first-order valence-electron chi connectivity index (χ1n) is 7.86. The van der Waals surface area contributed by atoms with Crippen LogP contribution in [0.15, 0.2) is 39.9 Å². The number of aromatic nitrogens is 4.